The fraction of sp³-hybridized carbons (Fsp3) is 0.615. The van der Waals surface area contributed by atoms with Crippen molar-refractivity contribution in [2.75, 3.05) is 17.6 Å². The SMILES string of the molecule is CC1CCC(CNc2nc(N)nc(-n3cncn3)n2)CC1. The lowest BCUT2D eigenvalue weighted by molar-refractivity contribution is 0.300. The first-order chi connectivity index (χ1) is 10.2. The van der Waals surface area contributed by atoms with Gasteiger partial charge in [0.1, 0.15) is 12.7 Å². The van der Waals surface area contributed by atoms with Gasteiger partial charge in [0, 0.05) is 6.54 Å². The van der Waals surface area contributed by atoms with Gasteiger partial charge >= 0.3 is 0 Å². The predicted molar refractivity (Wildman–Crippen MR) is 78.8 cm³/mol. The van der Waals surface area contributed by atoms with Crippen LogP contribution in [0.25, 0.3) is 5.95 Å². The lowest BCUT2D eigenvalue weighted by atomic mass is 9.83. The second-order valence-corrected chi connectivity index (χ2v) is 5.66. The molecule has 0 saturated heterocycles. The summed E-state index contributed by atoms with van der Waals surface area (Å²) < 4.78 is 1.46. The van der Waals surface area contributed by atoms with Gasteiger partial charge in [-0.15, -0.1) is 0 Å². The standard InChI is InChI=1S/C13H20N8/c1-9-2-4-10(5-3-9)6-16-12-18-11(14)19-13(20-12)21-8-15-7-17-21/h7-10H,2-6H2,1H3,(H3,14,16,18,19,20). The molecule has 0 amide bonds. The number of aromatic nitrogens is 6. The van der Waals surface area contributed by atoms with Crippen LogP contribution in [-0.4, -0.2) is 36.3 Å². The quantitative estimate of drug-likeness (QED) is 0.872. The highest BCUT2D eigenvalue weighted by molar-refractivity contribution is 5.34. The molecule has 3 rings (SSSR count). The van der Waals surface area contributed by atoms with E-state index in [4.69, 9.17) is 5.73 Å². The van der Waals surface area contributed by atoms with Crippen LogP contribution in [0.3, 0.4) is 0 Å². The van der Waals surface area contributed by atoms with E-state index < -0.39 is 0 Å². The van der Waals surface area contributed by atoms with E-state index in [0.29, 0.717) is 17.8 Å². The van der Waals surface area contributed by atoms with Gasteiger partial charge < -0.3 is 11.1 Å². The molecule has 0 radical (unpaired) electrons. The molecule has 2 heterocycles. The van der Waals surface area contributed by atoms with Crippen LogP contribution >= 0.6 is 0 Å². The first-order valence-electron chi connectivity index (χ1n) is 7.31. The Hall–Kier alpha value is -2.25. The van der Waals surface area contributed by atoms with E-state index in [0.717, 1.165) is 12.5 Å². The second-order valence-electron chi connectivity index (χ2n) is 5.66. The summed E-state index contributed by atoms with van der Waals surface area (Å²) in [5.41, 5.74) is 5.73. The summed E-state index contributed by atoms with van der Waals surface area (Å²) in [6.07, 6.45) is 8.07. The summed E-state index contributed by atoms with van der Waals surface area (Å²) in [6.45, 7) is 3.19. The lowest BCUT2D eigenvalue weighted by Crippen LogP contribution is -2.21. The van der Waals surface area contributed by atoms with Crippen molar-refractivity contribution in [3.05, 3.63) is 12.7 Å². The highest BCUT2D eigenvalue weighted by Crippen LogP contribution is 2.28. The average Bonchev–Trinajstić information content (AvgIpc) is 3.00. The van der Waals surface area contributed by atoms with Gasteiger partial charge in [0.25, 0.3) is 5.95 Å². The third kappa shape index (κ3) is 3.45. The van der Waals surface area contributed by atoms with E-state index in [1.165, 1.54) is 43.0 Å². The summed E-state index contributed by atoms with van der Waals surface area (Å²) in [5.74, 6) is 2.57. The Morgan fingerprint density at radius 2 is 2.05 bits per heavy atom. The van der Waals surface area contributed by atoms with Crippen LogP contribution < -0.4 is 11.1 Å². The molecule has 2 aromatic heterocycles. The Kier molecular flexibility index (Phi) is 3.94. The molecule has 0 aliphatic heterocycles. The topological polar surface area (TPSA) is 107 Å². The van der Waals surface area contributed by atoms with Crippen LogP contribution in [-0.2, 0) is 0 Å². The van der Waals surface area contributed by atoms with Crippen LogP contribution in [0.15, 0.2) is 12.7 Å². The summed E-state index contributed by atoms with van der Waals surface area (Å²) in [6, 6.07) is 0. The predicted octanol–water partition coefficient (Wildman–Crippen LogP) is 1.27. The highest BCUT2D eigenvalue weighted by atomic mass is 15.4. The molecule has 1 fully saturated rings. The monoisotopic (exact) mass is 288 g/mol. The van der Waals surface area contributed by atoms with Crippen LogP contribution in [0.2, 0.25) is 0 Å². The minimum Gasteiger partial charge on any atom is -0.368 e. The van der Waals surface area contributed by atoms with Crippen LogP contribution in [0.5, 0.6) is 0 Å². The summed E-state index contributed by atoms with van der Waals surface area (Å²) in [7, 11) is 0. The minimum atomic E-state index is 0.176. The maximum absolute atomic E-state index is 5.73. The zero-order valence-electron chi connectivity index (χ0n) is 12.1. The zero-order valence-corrected chi connectivity index (χ0v) is 12.1. The summed E-state index contributed by atoms with van der Waals surface area (Å²) >= 11 is 0. The Morgan fingerprint density at radius 1 is 1.24 bits per heavy atom. The molecule has 8 nitrogen and oxygen atoms in total. The molecule has 1 saturated carbocycles. The Labute approximate surface area is 123 Å². The van der Waals surface area contributed by atoms with Gasteiger partial charge in [-0.05, 0) is 24.7 Å². The molecular weight excluding hydrogens is 268 g/mol. The van der Waals surface area contributed by atoms with Crippen LogP contribution in [0.4, 0.5) is 11.9 Å². The maximum atomic E-state index is 5.73. The van der Waals surface area contributed by atoms with Crippen LogP contribution in [0.1, 0.15) is 32.6 Å². The number of rotatable bonds is 4. The van der Waals surface area contributed by atoms with Crippen molar-refractivity contribution >= 4 is 11.9 Å². The third-order valence-electron chi connectivity index (χ3n) is 3.95. The number of nitrogens with zero attached hydrogens (tertiary/aromatic N) is 6. The maximum Gasteiger partial charge on any atom is 0.258 e. The molecule has 2 aromatic rings. The van der Waals surface area contributed by atoms with E-state index in [1.54, 1.807) is 0 Å². The second kappa shape index (κ2) is 6.02. The average molecular weight is 288 g/mol. The summed E-state index contributed by atoms with van der Waals surface area (Å²) in [4.78, 5) is 16.4. The first kappa shape index (κ1) is 13.7. The molecule has 0 atom stereocenters. The third-order valence-corrected chi connectivity index (χ3v) is 3.95. The van der Waals surface area contributed by atoms with Crippen molar-refractivity contribution in [1.29, 1.82) is 0 Å². The Bertz CT molecular complexity index is 574. The largest absolute Gasteiger partial charge is 0.368 e. The minimum absolute atomic E-state index is 0.176. The van der Waals surface area contributed by atoms with Crippen molar-refractivity contribution in [3.8, 4) is 5.95 Å². The van der Waals surface area contributed by atoms with Gasteiger partial charge in [-0.25, -0.2) is 4.98 Å². The van der Waals surface area contributed by atoms with E-state index in [-0.39, 0.29) is 5.95 Å². The molecule has 0 aromatic carbocycles. The van der Waals surface area contributed by atoms with E-state index >= 15 is 0 Å². The molecule has 0 bridgehead atoms. The van der Waals surface area contributed by atoms with Gasteiger partial charge in [0.2, 0.25) is 11.9 Å². The zero-order chi connectivity index (χ0) is 14.7. The number of nitrogens with two attached hydrogens (primary N) is 1. The van der Waals surface area contributed by atoms with Crippen molar-refractivity contribution in [2.24, 2.45) is 11.8 Å². The first-order valence-corrected chi connectivity index (χ1v) is 7.31. The number of anilines is 2. The van der Waals surface area contributed by atoms with Crippen molar-refractivity contribution in [1.82, 2.24) is 29.7 Å². The number of hydrogen-bond acceptors (Lipinski definition) is 7. The van der Waals surface area contributed by atoms with Gasteiger partial charge in [-0.3, -0.25) is 0 Å². The number of nitrogen functional groups attached to an aromatic ring is 1. The highest BCUT2D eigenvalue weighted by Gasteiger charge is 2.18. The van der Waals surface area contributed by atoms with Gasteiger partial charge in [-0.2, -0.15) is 24.7 Å². The molecule has 8 heteroatoms. The Balaban J connectivity index is 1.65. The normalized spacial score (nSPS) is 22.1. The van der Waals surface area contributed by atoms with Gasteiger partial charge in [0.15, 0.2) is 0 Å². The van der Waals surface area contributed by atoms with Gasteiger partial charge in [0.05, 0.1) is 0 Å². The molecule has 1 aliphatic rings. The lowest BCUT2D eigenvalue weighted by Gasteiger charge is -2.26. The fourth-order valence-corrected chi connectivity index (χ4v) is 2.64. The van der Waals surface area contributed by atoms with E-state index in [9.17, 15) is 0 Å². The molecule has 3 N–H and O–H groups in total. The van der Waals surface area contributed by atoms with Crippen molar-refractivity contribution in [2.45, 2.75) is 32.6 Å². The smallest absolute Gasteiger partial charge is 0.258 e. The fourth-order valence-electron chi connectivity index (χ4n) is 2.64. The number of hydrogen-bond donors (Lipinski definition) is 2. The molecule has 21 heavy (non-hydrogen) atoms. The van der Waals surface area contributed by atoms with Crippen molar-refractivity contribution in [3.63, 3.8) is 0 Å². The number of nitrogens with one attached hydrogen (secondary N) is 1. The molecule has 1 aliphatic carbocycles. The molecule has 112 valence electrons. The molecule has 0 unspecified atom stereocenters. The van der Waals surface area contributed by atoms with E-state index in [1.807, 2.05) is 0 Å². The van der Waals surface area contributed by atoms with Crippen LogP contribution in [0, 0.1) is 11.8 Å². The van der Waals surface area contributed by atoms with Gasteiger partial charge in [-0.1, -0.05) is 19.8 Å². The Morgan fingerprint density at radius 3 is 2.76 bits per heavy atom. The van der Waals surface area contributed by atoms with E-state index in [2.05, 4.69) is 37.3 Å². The van der Waals surface area contributed by atoms with Crippen molar-refractivity contribution < 1.29 is 0 Å². The molecule has 0 spiro atoms. The molecular formula is C13H20N8. The summed E-state index contributed by atoms with van der Waals surface area (Å²) in [5, 5.41) is 7.27.